The van der Waals surface area contributed by atoms with Gasteiger partial charge in [0.2, 0.25) is 11.8 Å². The molecule has 1 spiro atoms. The van der Waals surface area contributed by atoms with Crippen LogP contribution in [0.4, 0.5) is 0 Å². The molecule has 1 aliphatic heterocycles. The SMILES string of the molecule is O=C1CN(C2CCCCC2)C(=O)C2(CCCC2)N1. The van der Waals surface area contributed by atoms with E-state index >= 15 is 0 Å². The average Bonchev–Trinajstić information content (AvgIpc) is 2.84. The summed E-state index contributed by atoms with van der Waals surface area (Å²) in [6.07, 6.45) is 9.61. The average molecular weight is 250 g/mol. The Kier molecular flexibility index (Phi) is 3.04. The van der Waals surface area contributed by atoms with Crippen LogP contribution in [-0.4, -0.2) is 34.8 Å². The van der Waals surface area contributed by atoms with E-state index in [0.717, 1.165) is 38.5 Å². The van der Waals surface area contributed by atoms with E-state index < -0.39 is 5.54 Å². The number of piperazine rings is 1. The first-order valence-corrected chi connectivity index (χ1v) is 7.33. The maximum atomic E-state index is 12.7. The smallest absolute Gasteiger partial charge is 0.249 e. The molecule has 100 valence electrons. The summed E-state index contributed by atoms with van der Waals surface area (Å²) >= 11 is 0. The van der Waals surface area contributed by atoms with E-state index in [1.165, 1.54) is 19.3 Å². The van der Waals surface area contributed by atoms with Gasteiger partial charge in [0.15, 0.2) is 0 Å². The molecule has 1 N–H and O–H groups in total. The minimum Gasteiger partial charge on any atom is -0.340 e. The van der Waals surface area contributed by atoms with Gasteiger partial charge in [-0.05, 0) is 25.7 Å². The van der Waals surface area contributed by atoms with Gasteiger partial charge in [0.05, 0.1) is 6.54 Å². The summed E-state index contributed by atoms with van der Waals surface area (Å²) in [6, 6.07) is 0.315. The molecule has 18 heavy (non-hydrogen) atoms. The lowest BCUT2D eigenvalue weighted by Crippen LogP contribution is -2.67. The molecule has 0 unspecified atom stereocenters. The zero-order chi connectivity index (χ0) is 12.6. The standard InChI is InChI=1S/C14H22N2O2/c17-12-10-16(11-6-2-1-3-7-11)13(18)14(15-12)8-4-5-9-14/h11H,1-10H2,(H,15,17). The van der Waals surface area contributed by atoms with Crippen LogP contribution in [0.2, 0.25) is 0 Å². The van der Waals surface area contributed by atoms with E-state index in [2.05, 4.69) is 5.32 Å². The highest BCUT2D eigenvalue weighted by atomic mass is 16.2. The molecule has 1 heterocycles. The Labute approximate surface area is 108 Å². The fraction of sp³-hybridized carbons (Fsp3) is 0.857. The van der Waals surface area contributed by atoms with Crippen LogP contribution in [0.15, 0.2) is 0 Å². The van der Waals surface area contributed by atoms with Crippen molar-refractivity contribution < 1.29 is 9.59 Å². The Morgan fingerprint density at radius 1 is 1.00 bits per heavy atom. The second kappa shape index (κ2) is 4.56. The molecule has 0 atom stereocenters. The summed E-state index contributed by atoms with van der Waals surface area (Å²) in [5.74, 6) is 0.244. The lowest BCUT2D eigenvalue weighted by atomic mass is 9.88. The normalized spacial score (nSPS) is 28.8. The zero-order valence-electron chi connectivity index (χ0n) is 10.9. The highest BCUT2D eigenvalue weighted by molar-refractivity contribution is 5.98. The van der Waals surface area contributed by atoms with Crippen LogP contribution >= 0.6 is 0 Å². The van der Waals surface area contributed by atoms with E-state index in [9.17, 15) is 9.59 Å². The molecule has 0 bridgehead atoms. The molecule has 2 aliphatic carbocycles. The van der Waals surface area contributed by atoms with Crippen LogP contribution < -0.4 is 5.32 Å². The molecule has 3 aliphatic rings. The molecule has 2 saturated carbocycles. The third kappa shape index (κ3) is 1.91. The van der Waals surface area contributed by atoms with Gasteiger partial charge >= 0.3 is 0 Å². The van der Waals surface area contributed by atoms with Gasteiger partial charge < -0.3 is 10.2 Å². The maximum absolute atomic E-state index is 12.7. The number of carbonyl (C=O) groups excluding carboxylic acids is 2. The van der Waals surface area contributed by atoms with Crippen LogP contribution in [0.3, 0.4) is 0 Å². The number of nitrogens with one attached hydrogen (secondary N) is 1. The number of rotatable bonds is 1. The largest absolute Gasteiger partial charge is 0.340 e. The van der Waals surface area contributed by atoms with Crippen molar-refractivity contribution >= 4 is 11.8 Å². The van der Waals surface area contributed by atoms with Crippen molar-refractivity contribution in [3.8, 4) is 0 Å². The number of hydrogen-bond donors (Lipinski definition) is 1. The second-order valence-corrected chi connectivity index (χ2v) is 6.06. The summed E-state index contributed by atoms with van der Waals surface area (Å²) < 4.78 is 0. The van der Waals surface area contributed by atoms with Gasteiger partial charge in [-0.25, -0.2) is 0 Å². The molecule has 0 aromatic rings. The Balaban J connectivity index is 1.80. The highest BCUT2D eigenvalue weighted by Gasteiger charge is 2.49. The summed E-state index contributed by atoms with van der Waals surface area (Å²) in [5, 5.41) is 2.98. The summed E-state index contributed by atoms with van der Waals surface area (Å²) in [6.45, 7) is 0.283. The first kappa shape index (κ1) is 12.0. The van der Waals surface area contributed by atoms with Crippen molar-refractivity contribution in [1.82, 2.24) is 10.2 Å². The van der Waals surface area contributed by atoms with Gasteiger partial charge in [-0.15, -0.1) is 0 Å². The highest BCUT2D eigenvalue weighted by Crippen LogP contribution is 2.35. The zero-order valence-corrected chi connectivity index (χ0v) is 10.9. The molecule has 0 radical (unpaired) electrons. The second-order valence-electron chi connectivity index (χ2n) is 6.06. The monoisotopic (exact) mass is 250 g/mol. The molecule has 0 aromatic carbocycles. The van der Waals surface area contributed by atoms with Crippen LogP contribution in [0, 0.1) is 0 Å². The molecule has 4 heteroatoms. The fourth-order valence-electron chi connectivity index (χ4n) is 3.87. The first-order valence-electron chi connectivity index (χ1n) is 7.33. The topological polar surface area (TPSA) is 49.4 Å². The summed E-state index contributed by atoms with van der Waals surface area (Å²) in [7, 11) is 0. The van der Waals surface area contributed by atoms with Gasteiger partial charge in [0.25, 0.3) is 0 Å². The molecular formula is C14H22N2O2. The van der Waals surface area contributed by atoms with Crippen molar-refractivity contribution in [3.63, 3.8) is 0 Å². The Morgan fingerprint density at radius 3 is 2.33 bits per heavy atom. The van der Waals surface area contributed by atoms with Crippen LogP contribution in [0.1, 0.15) is 57.8 Å². The quantitative estimate of drug-likeness (QED) is 0.768. The minimum absolute atomic E-state index is 0.0436. The lowest BCUT2D eigenvalue weighted by Gasteiger charge is -2.44. The predicted octanol–water partition coefficient (Wildman–Crippen LogP) is 1.59. The lowest BCUT2D eigenvalue weighted by molar-refractivity contribution is -0.152. The number of amides is 2. The van der Waals surface area contributed by atoms with Crippen LogP contribution in [0.25, 0.3) is 0 Å². The Morgan fingerprint density at radius 2 is 1.67 bits per heavy atom. The van der Waals surface area contributed by atoms with E-state index in [0.29, 0.717) is 6.04 Å². The van der Waals surface area contributed by atoms with E-state index in [-0.39, 0.29) is 18.4 Å². The molecule has 3 fully saturated rings. The number of carbonyl (C=O) groups is 2. The number of hydrogen-bond acceptors (Lipinski definition) is 2. The summed E-state index contributed by atoms with van der Waals surface area (Å²) in [5.41, 5.74) is -0.535. The van der Waals surface area contributed by atoms with Crippen molar-refractivity contribution in [1.29, 1.82) is 0 Å². The van der Waals surface area contributed by atoms with Gasteiger partial charge in [-0.2, -0.15) is 0 Å². The Hall–Kier alpha value is -1.06. The molecule has 1 saturated heterocycles. The number of nitrogens with zero attached hydrogens (tertiary/aromatic N) is 1. The summed E-state index contributed by atoms with van der Waals surface area (Å²) in [4.78, 5) is 26.5. The van der Waals surface area contributed by atoms with Gasteiger partial charge in [0, 0.05) is 6.04 Å². The molecule has 3 rings (SSSR count). The molecule has 4 nitrogen and oxygen atoms in total. The third-order valence-corrected chi connectivity index (χ3v) is 4.84. The molecular weight excluding hydrogens is 228 g/mol. The van der Waals surface area contributed by atoms with Gasteiger partial charge in [-0.1, -0.05) is 32.1 Å². The van der Waals surface area contributed by atoms with Crippen molar-refractivity contribution in [3.05, 3.63) is 0 Å². The minimum atomic E-state index is -0.535. The van der Waals surface area contributed by atoms with E-state index in [4.69, 9.17) is 0 Å². The van der Waals surface area contributed by atoms with Gasteiger partial charge in [-0.3, -0.25) is 9.59 Å². The van der Waals surface area contributed by atoms with Crippen molar-refractivity contribution in [2.45, 2.75) is 69.4 Å². The van der Waals surface area contributed by atoms with Crippen LogP contribution in [-0.2, 0) is 9.59 Å². The molecule has 0 aromatic heterocycles. The third-order valence-electron chi connectivity index (χ3n) is 4.84. The maximum Gasteiger partial charge on any atom is 0.249 e. The predicted molar refractivity (Wildman–Crippen MR) is 67.9 cm³/mol. The van der Waals surface area contributed by atoms with Gasteiger partial charge in [0.1, 0.15) is 5.54 Å². The van der Waals surface area contributed by atoms with Crippen LogP contribution in [0.5, 0.6) is 0 Å². The Bertz CT molecular complexity index is 355. The van der Waals surface area contributed by atoms with Crippen molar-refractivity contribution in [2.75, 3.05) is 6.54 Å². The van der Waals surface area contributed by atoms with E-state index in [1.807, 2.05) is 4.90 Å². The fourth-order valence-corrected chi connectivity index (χ4v) is 3.87. The van der Waals surface area contributed by atoms with E-state index in [1.54, 1.807) is 0 Å². The van der Waals surface area contributed by atoms with Crippen molar-refractivity contribution in [2.24, 2.45) is 0 Å². The molecule has 2 amide bonds. The first-order chi connectivity index (χ1) is 8.71.